The number of anilines is 1. The molecule has 0 saturated heterocycles. The first-order valence-electron chi connectivity index (χ1n) is 4.25. The van der Waals surface area contributed by atoms with Gasteiger partial charge in [0.15, 0.2) is 0 Å². The van der Waals surface area contributed by atoms with Gasteiger partial charge in [-0.25, -0.2) is 12.7 Å². The van der Waals surface area contributed by atoms with E-state index < -0.39 is 10.0 Å². The maximum atomic E-state index is 11.7. The molecule has 0 unspecified atom stereocenters. The molecule has 0 radical (unpaired) electrons. The average molecular weight is 230 g/mol. The van der Waals surface area contributed by atoms with Crippen LogP contribution in [0.25, 0.3) is 0 Å². The molecule has 0 aliphatic rings. The van der Waals surface area contributed by atoms with Gasteiger partial charge >= 0.3 is 0 Å². The molecule has 0 aromatic heterocycles. The van der Waals surface area contributed by atoms with Gasteiger partial charge in [0, 0.05) is 14.1 Å². The summed E-state index contributed by atoms with van der Waals surface area (Å²) in [6, 6.07) is 4.38. The molecule has 0 bridgehead atoms. The van der Waals surface area contributed by atoms with E-state index in [0.717, 1.165) is 4.31 Å². The molecule has 1 aromatic carbocycles. The van der Waals surface area contributed by atoms with Gasteiger partial charge in [0.25, 0.3) is 0 Å². The summed E-state index contributed by atoms with van der Waals surface area (Å²) in [5.74, 6) is 0.465. The van der Waals surface area contributed by atoms with Crippen molar-refractivity contribution in [3.8, 4) is 5.75 Å². The lowest BCUT2D eigenvalue weighted by Crippen LogP contribution is -2.22. The molecular formula is C9H14N2O3S. The summed E-state index contributed by atoms with van der Waals surface area (Å²) >= 11 is 0. The van der Waals surface area contributed by atoms with Gasteiger partial charge in [-0.2, -0.15) is 0 Å². The van der Waals surface area contributed by atoms with Crippen LogP contribution in [0.2, 0.25) is 0 Å². The average Bonchev–Trinajstić information content (AvgIpc) is 2.17. The third-order valence-electron chi connectivity index (χ3n) is 1.98. The van der Waals surface area contributed by atoms with Crippen molar-refractivity contribution >= 4 is 15.7 Å². The number of nitrogens with zero attached hydrogens (tertiary/aromatic N) is 1. The van der Waals surface area contributed by atoms with E-state index in [4.69, 9.17) is 10.5 Å². The van der Waals surface area contributed by atoms with Crippen molar-refractivity contribution in [3.05, 3.63) is 18.2 Å². The fourth-order valence-corrected chi connectivity index (χ4v) is 2.02. The minimum atomic E-state index is -3.43. The monoisotopic (exact) mass is 230 g/mol. The highest BCUT2D eigenvalue weighted by Crippen LogP contribution is 2.25. The van der Waals surface area contributed by atoms with Crippen LogP contribution in [-0.2, 0) is 10.0 Å². The zero-order valence-corrected chi connectivity index (χ0v) is 9.71. The molecule has 15 heavy (non-hydrogen) atoms. The molecule has 0 aliphatic carbocycles. The van der Waals surface area contributed by atoms with Crippen LogP contribution in [-0.4, -0.2) is 33.9 Å². The van der Waals surface area contributed by atoms with Crippen molar-refractivity contribution in [2.45, 2.75) is 4.90 Å². The first-order chi connectivity index (χ1) is 6.89. The molecule has 6 heteroatoms. The van der Waals surface area contributed by atoms with E-state index in [2.05, 4.69) is 0 Å². The fourth-order valence-electron chi connectivity index (χ4n) is 1.08. The third-order valence-corrected chi connectivity index (χ3v) is 3.79. The first-order valence-corrected chi connectivity index (χ1v) is 5.69. The van der Waals surface area contributed by atoms with Crippen LogP contribution >= 0.6 is 0 Å². The Kier molecular flexibility index (Phi) is 3.21. The number of ether oxygens (including phenoxy) is 1. The number of nitrogen functional groups attached to an aromatic ring is 1. The van der Waals surface area contributed by atoms with Gasteiger partial charge in [-0.15, -0.1) is 0 Å². The van der Waals surface area contributed by atoms with Crippen LogP contribution in [0.5, 0.6) is 5.75 Å². The maximum absolute atomic E-state index is 11.7. The second-order valence-corrected chi connectivity index (χ2v) is 5.34. The van der Waals surface area contributed by atoms with Gasteiger partial charge in [-0.1, -0.05) is 0 Å². The van der Waals surface area contributed by atoms with Crippen LogP contribution in [0.3, 0.4) is 0 Å². The maximum Gasteiger partial charge on any atom is 0.242 e. The van der Waals surface area contributed by atoms with E-state index in [9.17, 15) is 8.42 Å². The number of methoxy groups -OCH3 is 1. The van der Waals surface area contributed by atoms with E-state index in [1.165, 1.54) is 39.4 Å². The van der Waals surface area contributed by atoms with E-state index in [1.54, 1.807) is 0 Å². The van der Waals surface area contributed by atoms with E-state index in [0.29, 0.717) is 11.4 Å². The highest BCUT2D eigenvalue weighted by atomic mass is 32.2. The molecule has 1 aromatic rings. The molecule has 1 rings (SSSR count). The summed E-state index contributed by atoms with van der Waals surface area (Å²) < 4.78 is 29.5. The number of hydrogen-bond acceptors (Lipinski definition) is 4. The van der Waals surface area contributed by atoms with Crippen molar-refractivity contribution in [2.75, 3.05) is 26.9 Å². The Hall–Kier alpha value is -1.27. The van der Waals surface area contributed by atoms with Gasteiger partial charge < -0.3 is 10.5 Å². The molecule has 0 saturated carbocycles. The largest absolute Gasteiger partial charge is 0.495 e. The summed E-state index contributed by atoms with van der Waals surface area (Å²) in [7, 11) is 0.987. The lowest BCUT2D eigenvalue weighted by atomic mass is 10.3. The summed E-state index contributed by atoms with van der Waals surface area (Å²) in [4.78, 5) is 0.158. The second-order valence-electron chi connectivity index (χ2n) is 3.19. The minimum Gasteiger partial charge on any atom is -0.495 e. The Balaban J connectivity index is 3.25. The molecule has 84 valence electrons. The second kappa shape index (κ2) is 4.08. The molecule has 0 aliphatic heterocycles. The Morgan fingerprint density at radius 2 is 1.93 bits per heavy atom. The Morgan fingerprint density at radius 3 is 2.33 bits per heavy atom. The van der Waals surface area contributed by atoms with Crippen molar-refractivity contribution in [2.24, 2.45) is 0 Å². The number of rotatable bonds is 3. The van der Waals surface area contributed by atoms with Gasteiger partial charge in [-0.3, -0.25) is 0 Å². The lowest BCUT2D eigenvalue weighted by Gasteiger charge is -2.12. The van der Waals surface area contributed by atoms with Crippen molar-refractivity contribution in [1.29, 1.82) is 0 Å². The third kappa shape index (κ3) is 2.21. The predicted octanol–water partition coefficient (Wildman–Crippen LogP) is 0.528. The van der Waals surface area contributed by atoms with Crippen LogP contribution in [0.1, 0.15) is 0 Å². The SMILES string of the molecule is COc1ccc(S(=O)(=O)N(C)C)cc1N. The van der Waals surface area contributed by atoms with Gasteiger partial charge in [0.1, 0.15) is 5.75 Å². The van der Waals surface area contributed by atoms with E-state index in [-0.39, 0.29) is 4.90 Å². The molecule has 0 fully saturated rings. The molecule has 0 atom stereocenters. The number of benzene rings is 1. The first kappa shape index (κ1) is 11.8. The van der Waals surface area contributed by atoms with Crippen LogP contribution in [0, 0.1) is 0 Å². The van der Waals surface area contributed by atoms with Crippen molar-refractivity contribution in [3.63, 3.8) is 0 Å². The minimum absolute atomic E-state index is 0.158. The molecule has 0 amide bonds. The molecule has 0 spiro atoms. The highest BCUT2D eigenvalue weighted by molar-refractivity contribution is 7.89. The number of sulfonamides is 1. The number of nitrogens with two attached hydrogens (primary N) is 1. The van der Waals surface area contributed by atoms with E-state index in [1.807, 2.05) is 0 Å². The molecule has 2 N–H and O–H groups in total. The lowest BCUT2D eigenvalue weighted by molar-refractivity contribution is 0.416. The molecule has 5 nitrogen and oxygen atoms in total. The Morgan fingerprint density at radius 1 is 1.33 bits per heavy atom. The summed E-state index contributed by atoms with van der Waals surface area (Å²) in [5.41, 5.74) is 5.93. The Labute approximate surface area is 89.5 Å². The fraction of sp³-hybridized carbons (Fsp3) is 0.333. The Bertz CT molecular complexity index is 454. The summed E-state index contributed by atoms with van der Waals surface area (Å²) in [6.07, 6.45) is 0. The van der Waals surface area contributed by atoms with Gasteiger partial charge in [-0.05, 0) is 18.2 Å². The van der Waals surface area contributed by atoms with Crippen molar-refractivity contribution < 1.29 is 13.2 Å². The quantitative estimate of drug-likeness (QED) is 0.769. The van der Waals surface area contributed by atoms with Gasteiger partial charge in [0.05, 0.1) is 17.7 Å². The van der Waals surface area contributed by atoms with E-state index >= 15 is 0 Å². The zero-order chi connectivity index (χ0) is 11.6. The summed E-state index contributed by atoms with van der Waals surface area (Å²) in [6.45, 7) is 0. The topological polar surface area (TPSA) is 72.6 Å². The summed E-state index contributed by atoms with van der Waals surface area (Å²) in [5, 5.41) is 0. The smallest absolute Gasteiger partial charge is 0.242 e. The zero-order valence-electron chi connectivity index (χ0n) is 8.89. The molecule has 0 heterocycles. The van der Waals surface area contributed by atoms with Crippen LogP contribution < -0.4 is 10.5 Å². The van der Waals surface area contributed by atoms with Crippen LogP contribution in [0.4, 0.5) is 5.69 Å². The van der Waals surface area contributed by atoms with Gasteiger partial charge in [0.2, 0.25) is 10.0 Å². The van der Waals surface area contributed by atoms with Crippen molar-refractivity contribution in [1.82, 2.24) is 4.31 Å². The molecular weight excluding hydrogens is 216 g/mol. The highest BCUT2D eigenvalue weighted by Gasteiger charge is 2.17. The normalized spacial score (nSPS) is 11.7. The number of hydrogen-bond donors (Lipinski definition) is 1. The predicted molar refractivity (Wildman–Crippen MR) is 58.3 cm³/mol. The van der Waals surface area contributed by atoms with Crippen LogP contribution in [0.15, 0.2) is 23.1 Å². The standard InChI is InChI=1S/C9H14N2O3S/c1-11(2)15(12,13)7-4-5-9(14-3)8(10)6-7/h4-6H,10H2,1-3H3.